The highest BCUT2D eigenvalue weighted by Crippen LogP contribution is 2.55. The quantitative estimate of drug-likeness (QED) is 0.722. The van der Waals surface area contributed by atoms with E-state index >= 15 is 0 Å². The Morgan fingerprint density at radius 1 is 0.952 bits per heavy atom. The summed E-state index contributed by atoms with van der Waals surface area (Å²) in [5, 5.41) is 0. The average Bonchev–Trinajstić information content (AvgIpc) is 3.13. The van der Waals surface area contributed by atoms with Crippen molar-refractivity contribution >= 4 is 17.5 Å². The number of hydrogen-bond donors (Lipinski definition) is 0. The molecule has 4 rings (SSSR count). The van der Waals surface area contributed by atoms with Gasteiger partial charge >= 0.3 is 0 Å². The van der Waals surface area contributed by atoms with Gasteiger partial charge in [0, 0.05) is 18.4 Å². The first-order valence-corrected chi connectivity index (χ1v) is 7.53. The zero-order valence-electron chi connectivity index (χ0n) is 12.7. The van der Waals surface area contributed by atoms with Crippen molar-refractivity contribution in [2.45, 2.75) is 25.6 Å². The molecule has 2 atom stereocenters. The lowest BCUT2D eigenvalue weighted by Gasteiger charge is -2.36. The lowest BCUT2D eigenvalue weighted by molar-refractivity contribution is 0.692. The fourth-order valence-corrected chi connectivity index (χ4v) is 4.09. The summed E-state index contributed by atoms with van der Waals surface area (Å²) in [7, 11) is 2.22. The molecule has 1 fully saturated rings. The summed E-state index contributed by atoms with van der Waals surface area (Å²) < 4.78 is 0. The minimum absolute atomic E-state index is 0.00426. The van der Waals surface area contributed by atoms with E-state index in [2.05, 4.69) is 91.4 Å². The third-order valence-corrected chi connectivity index (χ3v) is 5.07. The molecule has 0 radical (unpaired) electrons. The molecule has 2 aromatic carbocycles. The molecule has 2 heteroatoms. The van der Waals surface area contributed by atoms with E-state index in [0.717, 1.165) is 0 Å². The molecule has 0 bridgehead atoms. The van der Waals surface area contributed by atoms with Crippen LogP contribution in [-0.4, -0.2) is 18.8 Å². The van der Waals surface area contributed by atoms with E-state index in [0.29, 0.717) is 6.04 Å². The lowest BCUT2D eigenvalue weighted by atomic mass is 9.94. The molecule has 2 aliphatic rings. The Labute approximate surface area is 126 Å². The summed E-state index contributed by atoms with van der Waals surface area (Å²) in [6.07, 6.45) is 2.34. The third kappa shape index (κ3) is 1.48. The number of hydrogen-bond acceptors (Lipinski definition) is 2. The highest BCUT2D eigenvalue weighted by molar-refractivity contribution is 5.83. The minimum atomic E-state index is -0.00426. The van der Waals surface area contributed by atoms with Gasteiger partial charge in [-0.25, -0.2) is 0 Å². The normalized spacial score (nSPS) is 26.6. The van der Waals surface area contributed by atoms with E-state index in [-0.39, 0.29) is 5.66 Å². The Morgan fingerprint density at radius 2 is 1.62 bits per heavy atom. The number of para-hydroxylation sites is 2. The van der Waals surface area contributed by atoms with Gasteiger partial charge in [0.1, 0.15) is 0 Å². The van der Waals surface area contributed by atoms with Gasteiger partial charge in [0.15, 0.2) is 5.66 Å². The molecule has 2 aromatic rings. The van der Waals surface area contributed by atoms with Crippen LogP contribution >= 0.6 is 0 Å². The van der Waals surface area contributed by atoms with Gasteiger partial charge in [0.2, 0.25) is 0 Å². The fraction of sp³-hybridized carbons (Fsp3) is 0.263. The third-order valence-electron chi connectivity index (χ3n) is 5.07. The molecule has 21 heavy (non-hydrogen) atoms. The first-order chi connectivity index (χ1) is 10.2. The molecular weight excluding hydrogens is 256 g/mol. The van der Waals surface area contributed by atoms with Gasteiger partial charge in [-0.1, -0.05) is 36.4 Å². The molecular formula is C19H20N2. The standard InChI is InChI=1S/C19H20N2/c1-14-13-16-9-7-8-12-18(16)20(3)19(14)15(2)21(19)17-10-5-4-6-11-17/h4-13,15H,1-3H3. The van der Waals surface area contributed by atoms with Crippen LogP contribution < -0.4 is 9.80 Å². The second-order valence-electron chi connectivity index (χ2n) is 6.05. The van der Waals surface area contributed by atoms with Crippen LogP contribution in [-0.2, 0) is 0 Å². The first kappa shape index (κ1) is 12.5. The maximum absolute atomic E-state index is 2.51. The molecule has 2 aliphatic heterocycles. The van der Waals surface area contributed by atoms with Crippen LogP contribution in [0.5, 0.6) is 0 Å². The Kier molecular flexibility index (Phi) is 2.47. The molecule has 0 amide bonds. The molecule has 2 unspecified atom stereocenters. The number of fused-ring (bicyclic) bond motifs is 1. The first-order valence-electron chi connectivity index (χ1n) is 7.53. The number of nitrogens with zero attached hydrogens (tertiary/aromatic N) is 2. The molecule has 2 nitrogen and oxygen atoms in total. The summed E-state index contributed by atoms with van der Waals surface area (Å²) in [4.78, 5) is 4.95. The number of anilines is 2. The highest BCUT2D eigenvalue weighted by atomic mass is 15.6. The monoisotopic (exact) mass is 276 g/mol. The number of rotatable bonds is 1. The second kappa shape index (κ2) is 4.14. The van der Waals surface area contributed by atoms with Gasteiger partial charge in [0.25, 0.3) is 0 Å². The van der Waals surface area contributed by atoms with Gasteiger partial charge in [-0.05, 0) is 49.3 Å². The minimum Gasteiger partial charge on any atom is -0.346 e. The molecule has 1 saturated heterocycles. The van der Waals surface area contributed by atoms with Gasteiger partial charge in [-0.3, -0.25) is 0 Å². The summed E-state index contributed by atoms with van der Waals surface area (Å²) >= 11 is 0. The molecule has 2 heterocycles. The van der Waals surface area contributed by atoms with Crippen LogP contribution in [0.4, 0.5) is 11.4 Å². The predicted octanol–water partition coefficient (Wildman–Crippen LogP) is 4.14. The SMILES string of the molecule is CC1=Cc2ccccc2N(C)C12C(C)N2c1ccccc1. The molecule has 0 N–H and O–H groups in total. The van der Waals surface area contributed by atoms with Crippen molar-refractivity contribution < 1.29 is 0 Å². The van der Waals surface area contributed by atoms with Crippen LogP contribution in [0, 0.1) is 0 Å². The van der Waals surface area contributed by atoms with Gasteiger partial charge in [0.05, 0.1) is 6.04 Å². The largest absolute Gasteiger partial charge is 0.346 e. The fourth-order valence-electron chi connectivity index (χ4n) is 4.09. The maximum Gasteiger partial charge on any atom is 0.156 e. The predicted molar refractivity (Wildman–Crippen MR) is 89.6 cm³/mol. The smallest absolute Gasteiger partial charge is 0.156 e. The van der Waals surface area contributed by atoms with Crippen LogP contribution in [0.25, 0.3) is 6.08 Å². The Bertz CT molecular complexity index is 719. The zero-order valence-corrected chi connectivity index (χ0v) is 12.7. The molecule has 0 aromatic heterocycles. The van der Waals surface area contributed by atoms with E-state index < -0.39 is 0 Å². The van der Waals surface area contributed by atoms with Gasteiger partial charge < -0.3 is 9.80 Å². The number of benzene rings is 2. The van der Waals surface area contributed by atoms with Crippen molar-refractivity contribution in [3.8, 4) is 0 Å². The van der Waals surface area contributed by atoms with Crippen LogP contribution in [0.3, 0.4) is 0 Å². The van der Waals surface area contributed by atoms with Crippen LogP contribution in [0.15, 0.2) is 60.2 Å². The summed E-state index contributed by atoms with van der Waals surface area (Å²) in [6, 6.07) is 19.8. The molecule has 106 valence electrons. The van der Waals surface area contributed by atoms with Crippen molar-refractivity contribution in [2.24, 2.45) is 0 Å². The molecule has 1 spiro atoms. The van der Waals surface area contributed by atoms with Crippen LogP contribution in [0.2, 0.25) is 0 Å². The molecule has 0 aliphatic carbocycles. The Balaban J connectivity index is 1.84. The zero-order chi connectivity index (χ0) is 14.6. The lowest BCUT2D eigenvalue weighted by Crippen LogP contribution is -2.43. The van der Waals surface area contributed by atoms with E-state index in [9.17, 15) is 0 Å². The van der Waals surface area contributed by atoms with Crippen molar-refractivity contribution in [1.29, 1.82) is 0 Å². The van der Waals surface area contributed by atoms with E-state index in [4.69, 9.17) is 0 Å². The average molecular weight is 276 g/mol. The number of likely N-dealkylation sites (N-methyl/N-ethyl adjacent to an activating group) is 1. The van der Waals surface area contributed by atoms with Crippen molar-refractivity contribution in [3.63, 3.8) is 0 Å². The van der Waals surface area contributed by atoms with Crippen molar-refractivity contribution in [1.82, 2.24) is 0 Å². The Hall–Kier alpha value is -2.22. The summed E-state index contributed by atoms with van der Waals surface area (Å²) in [6.45, 7) is 4.57. The topological polar surface area (TPSA) is 6.25 Å². The van der Waals surface area contributed by atoms with E-state index in [1.165, 1.54) is 22.5 Å². The van der Waals surface area contributed by atoms with Gasteiger partial charge in [-0.15, -0.1) is 0 Å². The van der Waals surface area contributed by atoms with E-state index in [1.54, 1.807) is 0 Å². The highest BCUT2D eigenvalue weighted by Gasteiger charge is 2.65. The van der Waals surface area contributed by atoms with Gasteiger partial charge in [-0.2, -0.15) is 0 Å². The second-order valence-corrected chi connectivity index (χ2v) is 6.05. The summed E-state index contributed by atoms with van der Waals surface area (Å²) in [5.74, 6) is 0. The van der Waals surface area contributed by atoms with Crippen LogP contribution in [0.1, 0.15) is 19.4 Å². The molecule has 0 saturated carbocycles. The maximum atomic E-state index is 2.51. The Morgan fingerprint density at radius 3 is 2.38 bits per heavy atom. The van der Waals surface area contributed by atoms with E-state index in [1.807, 2.05) is 0 Å². The van der Waals surface area contributed by atoms with Crippen molar-refractivity contribution in [2.75, 3.05) is 16.8 Å². The van der Waals surface area contributed by atoms with Crippen molar-refractivity contribution in [3.05, 3.63) is 65.7 Å². The summed E-state index contributed by atoms with van der Waals surface area (Å²) in [5.41, 5.74) is 5.34.